The van der Waals surface area contributed by atoms with Crippen LogP contribution in [0.2, 0.25) is 0 Å². The number of benzene rings is 4. The number of nitrogens with zero attached hydrogens (tertiary/aromatic N) is 1. The zero-order valence-corrected chi connectivity index (χ0v) is 30.4. The minimum absolute atomic E-state index is 0.0778. The van der Waals surface area contributed by atoms with Crippen LogP contribution < -0.4 is 14.4 Å². The molecule has 2 heterocycles. The number of aliphatic hydroxyl groups is 1. The van der Waals surface area contributed by atoms with E-state index in [1.807, 2.05) is 36.4 Å². The molecule has 278 valence electrons. The largest absolute Gasteiger partial charge is 0.491 e. The number of aryl methyl sites for hydroxylation is 1. The highest BCUT2D eigenvalue weighted by Crippen LogP contribution is 2.52. The minimum atomic E-state index is -0.784. The van der Waals surface area contributed by atoms with Crippen molar-refractivity contribution < 1.29 is 38.3 Å². The standard InChI is InChI=1S/C43H53NO8/c1-46-43(38-11-2-4-13-40(38)44(41-14-5-3-12-39(41)43)24-9-27-52-42-15-6-7-26-51-42)35-18-22-37(23-19-35)50-33-31-48-29-28-47-30-32-49-36-20-16-34(17-21-36)10-8-25-45/h2-5,11-14,16-23,42,45H,6-10,15,24-33H2,1H3. The van der Waals surface area contributed by atoms with Crippen molar-refractivity contribution >= 4 is 11.4 Å². The molecule has 0 aliphatic carbocycles. The van der Waals surface area contributed by atoms with Crippen LogP contribution in [0.3, 0.4) is 0 Å². The van der Waals surface area contributed by atoms with Gasteiger partial charge in [-0.15, -0.1) is 0 Å². The van der Waals surface area contributed by atoms with Crippen LogP contribution in [-0.4, -0.2) is 84.5 Å². The Morgan fingerprint density at radius 2 is 1.29 bits per heavy atom. The van der Waals surface area contributed by atoms with Gasteiger partial charge < -0.3 is 43.2 Å². The van der Waals surface area contributed by atoms with Gasteiger partial charge in [-0.05, 0) is 86.1 Å². The summed E-state index contributed by atoms with van der Waals surface area (Å²) in [5.74, 6) is 1.59. The molecule has 2 aliphatic rings. The van der Waals surface area contributed by atoms with Crippen molar-refractivity contribution in [2.75, 3.05) is 78.0 Å². The van der Waals surface area contributed by atoms with Crippen molar-refractivity contribution in [3.05, 3.63) is 119 Å². The number of rotatable bonds is 21. The number of hydrogen-bond donors (Lipinski definition) is 1. The summed E-state index contributed by atoms with van der Waals surface area (Å²) in [4.78, 5) is 2.39. The molecule has 0 bridgehead atoms. The molecule has 0 spiro atoms. The van der Waals surface area contributed by atoms with Crippen LogP contribution >= 0.6 is 0 Å². The number of methoxy groups -OCH3 is 1. The van der Waals surface area contributed by atoms with E-state index in [0.717, 1.165) is 91.2 Å². The fourth-order valence-corrected chi connectivity index (χ4v) is 7.04. The van der Waals surface area contributed by atoms with Crippen LogP contribution in [0.1, 0.15) is 54.4 Å². The van der Waals surface area contributed by atoms with Crippen molar-refractivity contribution in [3.63, 3.8) is 0 Å². The summed E-state index contributed by atoms with van der Waals surface area (Å²) in [5.41, 5.74) is 5.91. The van der Waals surface area contributed by atoms with Crippen molar-refractivity contribution in [2.24, 2.45) is 0 Å². The maximum Gasteiger partial charge on any atom is 0.157 e. The molecule has 9 nitrogen and oxygen atoms in total. The summed E-state index contributed by atoms with van der Waals surface area (Å²) < 4.78 is 41.5. The quantitative estimate of drug-likeness (QED) is 0.0888. The molecular weight excluding hydrogens is 658 g/mol. The number of ether oxygens (including phenoxy) is 7. The lowest BCUT2D eigenvalue weighted by Gasteiger charge is -2.45. The average Bonchev–Trinajstić information content (AvgIpc) is 3.20. The van der Waals surface area contributed by atoms with Crippen LogP contribution in [0.4, 0.5) is 11.4 Å². The molecule has 1 saturated heterocycles. The Labute approximate surface area is 308 Å². The lowest BCUT2D eigenvalue weighted by Crippen LogP contribution is -2.40. The first kappa shape index (κ1) is 37.8. The van der Waals surface area contributed by atoms with Gasteiger partial charge >= 0.3 is 0 Å². The van der Waals surface area contributed by atoms with Crippen molar-refractivity contribution in [1.82, 2.24) is 0 Å². The fraction of sp³-hybridized carbons (Fsp3) is 0.442. The van der Waals surface area contributed by atoms with Crippen LogP contribution in [0.15, 0.2) is 97.1 Å². The lowest BCUT2D eigenvalue weighted by atomic mass is 9.75. The number of hydrogen-bond acceptors (Lipinski definition) is 9. The topological polar surface area (TPSA) is 88.1 Å². The normalized spacial score (nSPS) is 16.3. The van der Waals surface area contributed by atoms with Gasteiger partial charge in [0.15, 0.2) is 6.29 Å². The van der Waals surface area contributed by atoms with E-state index >= 15 is 0 Å². The van der Waals surface area contributed by atoms with Gasteiger partial charge in [0.1, 0.15) is 30.3 Å². The van der Waals surface area contributed by atoms with Crippen LogP contribution in [0.25, 0.3) is 0 Å². The Morgan fingerprint density at radius 3 is 1.87 bits per heavy atom. The zero-order chi connectivity index (χ0) is 35.9. The Kier molecular flexibility index (Phi) is 14.4. The van der Waals surface area contributed by atoms with Gasteiger partial charge in [0, 0.05) is 49.4 Å². The molecule has 9 heteroatoms. The first-order chi connectivity index (χ1) is 25.7. The molecule has 2 aliphatic heterocycles. The van der Waals surface area contributed by atoms with Crippen molar-refractivity contribution in [3.8, 4) is 11.5 Å². The summed E-state index contributed by atoms with van der Waals surface area (Å²) in [6, 6.07) is 33.2. The second kappa shape index (κ2) is 19.8. The highest BCUT2D eigenvalue weighted by Gasteiger charge is 2.45. The molecule has 4 aromatic rings. The number of aliphatic hydroxyl groups excluding tert-OH is 1. The van der Waals surface area contributed by atoms with E-state index in [1.165, 1.54) is 5.56 Å². The number of fused-ring (bicyclic) bond motifs is 2. The lowest BCUT2D eigenvalue weighted by molar-refractivity contribution is -0.162. The van der Waals surface area contributed by atoms with Gasteiger partial charge in [0.2, 0.25) is 0 Å². The second-order valence-corrected chi connectivity index (χ2v) is 13.0. The summed E-state index contributed by atoms with van der Waals surface area (Å²) in [6.45, 7) is 5.29. The molecule has 1 fully saturated rings. The highest BCUT2D eigenvalue weighted by molar-refractivity contribution is 5.79. The Balaban J connectivity index is 0.972. The average molecular weight is 712 g/mol. The summed E-state index contributed by atoms with van der Waals surface area (Å²) in [7, 11) is 1.79. The maximum absolute atomic E-state index is 8.97. The van der Waals surface area contributed by atoms with Crippen LogP contribution in [0, 0.1) is 0 Å². The summed E-state index contributed by atoms with van der Waals surface area (Å²) >= 11 is 0. The fourth-order valence-electron chi connectivity index (χ4n) is 7.04. The van der Waals surface area contributed by atoms with Gasteiger partial charge in [0.25, 0.3) is 0 Å². The Bertz CT molecular complexity index is 1580. The monoisotopic (exact) mass is 711 g/mol. The van der Waals surface area contributed by atoms with Gasteiger partial charge in [-0.25, -0.2) is 0 Å². The predicted molar refractivity (Wildman–Crippen MR) is 202 cm³/mol. The molecule has 0 aromatic heterocycles. The highest BCUT2D eigenvalue weighted by atomic mass is 16.7. The van der Waals surface area contributed by atoms with Gasteiger partial charge in [-0.3, -0.25) is 0 Å². The van der Waals surface area contributed by atoms with E-state index in [1.54, 1.807) is 7.11 Å². The van der Waals surface area contributed by atoms with Gasteiger partial charge in [-0.1, -0.05) is 60.7 Å². The first-order valence-corrected chi connectivity index (χ1v) is 18.7. The van der Waals surface area contributed by atoms with E-state index in [-0.39, 0.29) is 12.9 Å². The third-order valence-corrected chi connectivity index (χ3v) is 9.59. The molecule has 0 saturated carbocycles. The molecule has 0 amide bonds. The SMILES string of the molecule is COC1(c2ccc(OCCOCCOCCOc3ccc(CCCO)cc3)cc2)c2ccccc2N(CCCOC2CCCCO2)c2ccccc21. The molecule has 0 radical (unpaired) electrons. The Morgan fingerprint density at radius 1 is 0.692 bits per heavy atom. The van der Waals surface area contributed by atoms with Gasteiger partial charge in [0.05, 0.1) is 33.0 Å². The Hall–Kier alpha value is -3.96. The summed E-state index contributed by atoms with van der Waals surface area (Å²) in [5, 5.41) is 8.97. The van der Waals surface area contributed by atoms with Crippen LogP contribution in [0.5, 0.6) is 11.5 Å². The molecule has 6 rings (SSSR count). The molecule has 1 atom stereocenters. The third kappa shape index (κ3) is 9.52. The van der Waals surface area contributed by atoms with Gasteiger partial charge in [-0.2, -0.15) is 0 Å². The van der Waals surface area contributed by atoms with Crippen molar-refractivity contribution in [1.29, 1.82) is 0 Å². The third-order valence-electron chi connectivity index (χ3n) is 9.59. The smallest absolute Gasteiger partial charge is 0.157 e. The molecule has 1 unspecified atom stereocenters. The molecule has 52 heavy (non-hydrogen) atoms. The molecule has 4 aromatic carbocycles. The first-order valence-electron chi connectivity index (χ1n) is 18.7. The maximum atomic E-state index is 8.97. The number of para-hydroxylation sites is 2. The van der Waals surface area contributed by atoms with E-state index in [9.17, 15) is 0 Å². The second-order valence-electron chi connectivity index (χ2n) is 13.0. The number of anilines is 2. The van der Waals surface area contributed by atoms with E-state index in [2.05, 4.69) is 65.6 Å². The summed E-state index contributed by atoms with van der Waals surface area (Å²) in [6.07, 6.45) is 5.69. The minimum Gasteiger partial charge on any atom is -0.491 e. The van der Waals surface area contributed by atoms with Crippen LogP contribution in [-0.2, 0) is 35.7 Å². The van der Waals surface area contributed by atoms with E-state index in [0.29, 0.717) is 46.2 Å². The van der Waals surface area contributed by atoms with E-state index in [4.69, 9.17) is 38.3 Å². The molecule has 1 N–H and O–H groups in total. The van der Waals surface area contributed by atoms with Crippen molar-refractivity contribution in [2.45, 2.75) is 50.4 Å². The zero-order valence-electron chi connectivity index (χ0n) is 30.4. The van der Waals surface area contributed by atoms with E-state index < -0.39 is 5.60 Å². The molecular formula is C43H53NO8. The predicted octanol–water partition coefficient (Wildman–Crippen LogP) is 7.43.